The summed E-state index contributed by atoms with van der Waals surface area (Å²) in [5.41, 5.74) is 0.101. The molecule has 4 heteroatoms. The Hall–Kier alpha value is -0.960. The van der Waals surface area contributed by atoms with Crippen LogP contribution in [0.15, 0.2) is 28.7 Å². The molecular formula is C7H5O3S-. The van der Waals surface area contributed by atoms with Crippen LogP contribution < -0.4 is 0 Å². The summed E-state index contributed by atoms with van der Waals surface area (Å²) < 4.78 is 20.8. The first kappa shape index (κ1) is 8.14. The minimum Gasteiger partial charge on any atom is -0.768 e. The van der Waals surface area contributed by atoms with Crippen molar-refractivity contribution in [2.24, 2.45) is 0 Å². The van der Waals surface area contributed by atoms with Crippen LogP contribution in [0.1, 0.15) is 6.42 Å². The first-order valence-electron chi connectivity index (χ1n) is 2.97. The smallest absolute Gasteiger partial charge is 0.133 e. The molecule has 1 rings (SSSR count). The Balaban J connectivity index is 3.04. The van der Waals surface area contributed by atoms with Gasteiger partial charge in [0, 0.05) is 4.91 Å². The van der Waals surface area contributed by atoms with E-state index < -0.39 is 11.1 Å². The van der Waals surface area contributed by atoms with Crippen LogP contribution in [0, 0.1) is 0 Å². The van der Waals surface area contributed by atoms with E-state index in [0.717, 1.165) is 0 Å². The van der Waals surface area contributed by atoms with Crippen LogP contribution in [0.5, 0.6) is 0 Å². The van der Waals surface area contributed by atoms with Crippen molar-refractivity contribution in [2.45, 2.75) is 6.42 Å². The average molecular weight is 169 g/mol. The maximum absolute atomic E-state index is 10.4. The fourth-order valence-electron chi connectivity index (χ4n) is 0.795. The van der Waals surface area contributed by atoms with E-state index in [0.29, 0.717) is 6.42 Å². The van der Waals surface area contributed by atoms with Gasteiger partial charge in [0.1, 0.15) is 5.94 Å². The van der Waals surface area contributed by atoms with E-state index in [-0.39, 0.29) is 10.5 Å². The summed E-state index contributed by atoms with van der Waals surface area (Å²) in [6.45, 7) is 0. The predicted molar refractivity (Wildman–Crippen MR) is 40.0 cm³/mol. The van der Waals surface area contributed by atoms with E-state index in [4.69, 9.17) is 0 Å². The van der Waals surface area contributed by atoms with Gasteiger partial charge in [0.2, 0.25) is 0 Å². The van der Waals surface area contributed by atoms with E-state index >= 15 is 0 Å². The minimum atomic E-state index is -2.32. The molecule has 58 valence electrons. The Morgan fingerprint density at radius 2 is 2.36 bits per heavy atom. The lowest BCUT2D eigenvalue weighted by Crippen LogP contribution is -1.99. The van der Waals surface area contributed by atoms with Gasteiger partial charge in [0.25, 0.3) is 0 Å². The number of carbonyl (C=O) groups excluding carboxylic acids is 1. The summed E-state index contributed by atoms with van der Waals surface area (Å²) in [4.78, 5) is 10.2. The molecular weight excluding hydrogens is 164 g/mol. The molecule has 1 atom stereocenters. The van der Waals surface area contributed by atoms with Gasteiger partial charge in [-0.2, -0.15) is 0 Å². The molecule has 0 aromatic heterocycles. The number of rotatable bonds is 1. The first-order valence-corrected chi connectivity index (χ1v) is 4.04. The highest BCUT2D eigenvalue weighted by Gasteiger charge is 2.05. The van der Waals surface area contributed by atoms with Crippen molar-refractivity contribution in [1.82, 2.24) is 0 Å². The summed E-state index contributed by atoms with van der Waals surface area (Å²) in [7, 11) is 0. The molecule has 1 aliphatic rings. The number of hydrogen-bond acceptors (Lipinski definition) is 3. The van der Waals surface area contributed by atoms with Gasteiger partial charge in [-0.15, -0.1) is 0 Å². The second-order valence-electron chi connectivity index (χ2n) is 1.96. The van der Waals surface area contributed by atoms with Gasteiger partial charge in [-0.25, -0.2) is 4.79 Å². The van der Waals surface area contributed by atoms with E-state index in [9.17, 15) is 13.6 Å². The van der Waals surface area contributed by atoms with Crippen molar-refractivity contribution in [3.05, 3.63) is 28.7 Å². The molecule has 1 unspecified atom stereocenters. The highest BCUT2D eigenvalue weighted by molar-refractivity contribution is 7.83. The normalized spacial score (nSPS) is 19.0. The van der Waals surface area contributed by atoms with Crippen molar-refractivity contribution < 1.29 is 13.6 Å². The molecule has 0 aromatic rings. The maximum atomic E-state index is 10.4. The van der Waals surface area contributed by atoms with Crippen LogP contribution in [0.2, 0.25) is 0 Å². The van der Waals surface area contributed by atoms with E-state index in [2.05, 4.69) is 0 Å². The molecule has 0 aliphatic heterocycles. The fraction of sp³-hybridized carbons (Fsp3) is 0.143. The summed E-state index contributed by atoms with van der Waals surface area (Å²) in [5.74, 6) is 1.55. The molecule has 0 amide bonds. The molecule has 0 heterocycles. The molecule has 0 N–H and O–H groups in total. The van der Waals surface area contributed by atoms with Gasteiger partial charge in [-0.05, 0) is 23.6 Å². The van der Waals surface area contributed by atoms with Crippen LogP contribution in [-0.2, 0) is 15.9 Å². The van der Waals surface area contributed by atoms with Crippen LogP contribution in [0.3, 0.4) is 0 Å². The second-order valence-corrected chi connectivity index (χ2v) is 2.87. The highest BCUT2D eigenvalue weighted by Crippen LogP contribution is 2.17. The lowest BCUT2D eigenvalue weighted by Gasteiger charge is -2.10. The van der Waals surface area contributed by atoms with Gasteiger partial charge >= 0.3 is 0 Å². The molecule has 0 bridgehead atoms. The van der Waals surface area contributed by atoms with Crippen LogP contribution >= 0.6 is 0 Å². The van der Waals surface area contributed by atoms with Gasteiger partial charge < -0.3 is 4.55 Å². The Morgan fingerprint density at radius 1 is 1.64 bits per heavy atom. The lowest BCUT2D eigenvalue weighted by atomic mass is 10.1. The lowest BCUT2D eigenvalue weighted by molar-refractivity contribution is 0.543. The quantitative estimate of drug-likeness (QED) is 0.423. The summed E-state index contributed by atoms with van der Waals surface area (Å²) in [6, 6.07) is 0. The Kier molecular flexibility index (Phi) is 2.54. The number of allylic oxidation sites excluding steroid dienone is 4. The van der Waals surface area contributed by atoms with Crippen molar-refractivity contribution >= 4 is 17.0 Å². The summed E-state index contributed by atoms with van der Waals surface area (Å²) >= 11 is -2.32. The third-order valence-corrected chi connectivity index (χ3v) is 2.02. The molecule has 1 aliphatic carbocycles. The number of hydrogen-bond donors (Lipinski definition) is 0. The third kappa shape index (κ3) is 1.74. The standard InChI is InChI=1S/C7H6O3S/c8-5-6-3-1-2-4-7(6)11(9)10/h1,3-4H,2H2,(H,9,10)/p-1. The largest absolute Gasteiger partial charge is 0.768 e. The van der Waals surface area contributed by atoms with E-state index in [1.54, 1.807) is 12.0 Å². The topological polar surface area (TPSA) is 57.2 Å². The molecule has 0 radical (unpaired) electrons. The van der Waals surface area contributed by atoms with Crippen molar-refractivity contribution in [3.63, 3.8) is 0 Å². The molecule has 11 heavy (non-hydrogen) atoms. The Bertz CT molecular complexity index is 295. The fourth-order valence-corrected chi connectivity index (χ4v) is 1.32. The Morgan fingerprint density at radius 3 is 2.82 bits per heavy atom. The molecule has 3 nitrogen and oxygen atoms in total. The maximum Gasteiger partial charge on any atom is 0.133 e. The molecule has 0 aromatic carbocycles. The average Bonchev–Trinajstić information content (AvgIpc) is 2.04. The third-order valence-electron chi connectivity index (χ3n) is 1.28. The zero-order chi connectivity index (χ0) is 8.27. The summed E-state index contributed by atoms with van der Waals surface area (Å²) in [6.07, 6.45) is 5.19. The summed E-state index contributed by atoms with van der Waals surface area (Å²) in [5, 5.41) is 0. The highest BCUT2D eigenvalue weighted by atomic mass is 32.2. The molecule has 0 spiro atoms. The predicted octanol–water partition coefficient (Wildman–Crippen LogP) is 0.467. The minimum absolute atomic E-state index is 0.0440. The molecule has 0 fully saturated rings. The van der Waals surface area contributed by atoms with Gasteiger partial charge in [-0.1, -0.05) is 12.2 Å². The molecule has 0 saturated carbocycles. The monoisotopic (exact) mass is 169 g/mol. The van der Waals surface area contributed by atoms with Crippen LogP contribution in [-0.4, -0.2) is 14.7 Å². The van der Waals surface area contributed by atoms with E-state index in [1.165, 1.54) is 12.2 Å². The molecule has 0 saturated heterocycles. The van der Waals surface area contributed by atoms with Gasteiger partial charge in [0.15, 0.2) is 0 Å². The zero-order valence-electron chi connectivity index (χ0n) is 5.57. The first-order chi connectivity index (χ1) is 5.25. The van der Waals surface area contributed by atoms with Crippen molar-refractivity contribution in [2.75, 3.05) is 0 Å². The second kappa shape index (κ2) is 3.44. The van der Waals surface area contributed by atoms with E-state index in [1.807, 2.05) is 0 Å². The Labute approximate surface area is 66.4 Å². The van der Waals surface area contributed by atoms with Crippen LogP contribution in [0.4, 0.5) is 0 Å². The van der Waals surface area contributed by atoms with Gasteiger partial charge in [-0.3, -0.25) is 4.21 Å². The van der Waals surface area contributed by atoms with Crippen molar-refractivity contribution in [3.8, 4) is 0 Å². The van der Waals surface area contributed by atoms with Crippen LogP contribution in [0.25, 0.3) is 0 Å². The van der Waals surface area contributed by atoms with Crippen molar-refractivity contribution in [1.29, 1.82) is 0 Å². The van der Waals surface area contributed by atoms with Gasteiger partial charge in [0.05, 0.1) is 5.57 Å². The zero-order valence-corrected chi connectivity index (χ0v) is 6.39. The SMILES string of the molecule is O=C=C1C=CCC=C1S(=O)[O-].